The molecule has 1 aliphatic heterocycles. The minimum absolute atomic E-state index is 0.215. The summed E-state index contributed by atoms with van der Waals surface area (Å²) in [5.74, 6) is 0.324. The number of fused-ring (bicyclic) bond motifs is 1. The van der Waals surface area contributed by atoms with E-state index < -0.39 is 5.91 Å². The number of likely N-dealkylation sites (N-methyl/N-ethyl adjacent to an activating group) is 1. The average molecular weight is 192 g/mol. The Morgan fingerprint density at radius 3 is 3.07 bits per heavy atom. The maximum absolute atomic E-state index is 10.9. The molecule has 4 nitrogen and oxygen atoms in total. The van der Waals surface area contributed by atoms with E-state index in [1.54, 1.807) is 12.1 Å². The van der Waals surface area contributed by atoms with Crippen molar-refractivity contribution in [3.63, 3.8) is 0 Å². The number of hydrogen-bond acceptors (Lipinski definition) is 3. The van der Waals surface area contributed by atoms with Crippen LogP contribution in [0.25, 0.3) is 0 Å². The Kier molecular flexibility index (Phi) is 2.13. The Morgan fingerprint density at radius 1 is 1.64 bits per heavy atom. The number of rotatable bonds is 2. The van der Waals surface area contributed by atoms with Gasteiger partial charge in [-0.25, -0.2) is 0 Å². The van der Waals surface area contributed by atoms with E-state index >= 15 is 0 Å². The van der Waals surface area contributed by atoms with Crippen LogP contribution >= 0.6 is 0 Å². The SMILES string of the molecule is CN[C@@H]1COc2cc(C(N)=O)ccc21. The third-order valence-corrected chi connectivity index (χ3v) is 2.43. The number of primary amides is 1. The molecule has 0 spiro atoms. The Balaban J connectivity index is 2.39. The van der Waals surface area contributed by atoms with Gasteiger partial charge in [0.15, 0.2) is 0 Å². The van der Waals surface area contributed by atoms with Crippen LogP contribution in [-0.4, -0.2) is 19.6 Å². The summed E-state index contributed by atoms with van der Waals surface area (Å²) < 4.78 is 5.42. The van der Waals surface area contributed by atoms with Crippen LogP contribution in [0.1, 0.15) is 22.0 Å². The molecule has 0 bridgehead atoms. The first-order chi connectivity index (χ1) is 6.72. The number of amides is 1. The van der Waals surface area contributed by atoms with E-state index in [0.29, 0.717) is 12.2 Å². The third-order valence-electron chi connectivity index (χ3n) is 2.43. The van der Waals surface area contributed by atoms with E-state index in [9.17, 15) is 4.79 Å². The highest BCUT2D eigenvalue weighted by molar-refractivity contribution is 5.93. The summed E-state index contributed by atoms with van der Waals surface area (Å²) in [5, 5.41) is 3.13. The maximum Gasteiger partial charge on any atom is 0.248 e. The van der Waals surface area contributed by atoms with Gasteiger partial charge in [0.2, 0.25) is 5.91 Å². The minimum atomic E-state index is -0.427. The number of carbonyl (C=O) groups is 1. The first-order valence-electron chi connectivity index (χ1n) is 4.46. The molecule has 1 atom stereocenters. The molecule has 14 heavy (non-hydrogen) atoms. The first-order valence-corrected chi connectivity index (χ1v) is 4.46. The van der Waals surface area contributed by atoms with Gasteiger partial charge in [-0.3, -0.25) is 4.79 Å². The molecule has 0 radical (unpaired) electrons. The van der Waals surface area contributed by atoms with Crippen molar-refractivity contribution >= 4 is 5.91 Å². The molecule has 0 saturated heterocycles. The molecule has 1 heterocycles. The number of ether oxygens (including phenoxy) is 1. The van der Waals surface area contributed by atoms with E-state index in [2.05, 4.69) is 5.32 Å². The fourth-order valence-corrected chi connectivity index (χ4v) is 1.60. The highest BCUT2D eigenvalue weighted by atomic mass is 16.5. The zero-order valence-electron chi connectivity index (χ0n) is 7.91. The maximum atomic E-state index is 10.9. The summed E-state index contributed by atoms with van der Waals surface area (Å²) in [4.78, 5) is 10.9. The van der Waals surface area contributed by atoms with Gasteiger partial charge in [0.05, 0.1) is 6.04 Å². The van der Waals surface area contributed by atoms with E-state index in [1.807, 2.05) is 13.1 Å². The molecule has 4 heteroatoms. The summed E-state index contributed by atoms with van der Waals surface area (Å²) in [7, 11) is 1.88. The lowest BCUT2D eigenvalue weighted by Crippen LogP contribution is -2.17. The number of benzene rings is 1. The highest BCUT2D eigenvalue weighted by Crippen LogP contribution is 2.32. The van der Waals surface area contributed by atoms with Crippen molar-refractivity contribution < 1.29 is 9.53 Å². The largest absolute Gasteiger partial charge is 0.491 e. The third kappa shape index (κ3) is 1.33. The molecule has 0 saturated carbocycles. The van der Waals surface area contributed by atoms with E-state index in [4.69, 9.17) is 10.5 Å². The molecule has 2 rings (SSSR count). The van der Waals surface area contributed by atoms with Crippen LogP contribution in [0.4, 0.5) is 0 Å². The van der Waals surface area contributed by atoms with Crippen molar-refractivity contribution in [3.05, 3.63) is 29.3 Å². The minimum Gasteiger partial charge on any atom is -0.491 e. The smallest absolute Gasteiger partial charge is 0.248 e. The first kappa shape index (κ1) is 9.02. The Bertz CT molecular complexity index is 376. The quantitative estimate of drug-likeness (QED) is 0.714. The van der Waals surface area contributed by atoms with Crippen molar-refractivity contribution in [1.29, 1.82) is 0 Å². The summed E-state index contributed by atoms with van der Waals surface area (Å²) in [6, 6.07) is 5.51. The number of hydrogen-bond donors (Lipinski definition) is 2. The summed E-state index contributed by atoms with van der Waals surface area (Å²) in [6.07, 6.45) is 0. The van der Waals surface area contributed by atoms with Crippen molar-refractivity contribution in [2.75, 3.05) is 13.7 Å². The molecular weight excluding hydrogens is 180 g/mol. The zero-order chi connectivity index (χ0) is 10.1. The van der Waals surface area contributed by atoms with Crippen LogP contribution < -0.4 is 15.8 Å². The van der Waals surface area contributed by atoms with Gasteiger partial charge >= 0.3 is 0 Å². The van der Waals surface area contributed by atoms with Crippen molar-refractivity contribution in [3.8, 4) is 5.75 Å². The van der Waals surface area contributed by atoms with Crippen LogP contribution in [0.2, 0.25) is 0 Å². The van der Waals surface area contributed by atoms with E-state index in [-0.39, 0.29) is 6.04 Å². The van der Waals surface area contributed by atoms with Gasteiger partial charge in [-0.1, -0.05) is 6.07 Å². The van der Waals surface area contributed by atoms with Gasteiger partial charge in [-0.15, -0.1) is 0 Å². The molecule has 0 fully saturated rings. The summed E-state index contributed by atoms with van der Waals surface area (Å²) in [6.45, 7) is 0.605. The normalized spacial score (nSPS) is 18.8. The second-order valence-electron chi connectivity index (χ2n) is 3.27. The van der Waals surface area contributed by atoms with Crippen molar-refractivity contribution in [2.45, 2.75) is 6.04 Å². The Labute approximate surface area is 82.1 Å². The summed E-state index contributed by atoms with van der Waals surface area (Å²) >= 11 is 0. The Hall–Kier alpha value is -1.55. The van der Waals surface area contributed by atoms with Gasteiger partial charge in [0, 0.05) is 11.1 Å². The predicted octanol–water partition coefficient (Wildman–Crippen LogP) is 0.438. The second kappa shape index (κ2) is 3.31. The van der Waals surface area contributed by atoms with Gasteiger partial charge in [-0.05, 0) is 19.2 Å². The van der Waals surface area contributed by atoms with Gasteiger partial charge < -0.3 is 15.8 Å². The fraction of sp³-hybridized carbons (Fsp3) is 0.300. The van der Waals surface area contributed by atoms with Crippen LogP contribution in [0, 0.1) is 0 Å². The van der Waals surface area contributed by atoms with Gasteiger partial charge in [-0.2, -0.15) is 0 Å². The molecule has 3 N–H and O–H groups in total. The lowest BCUT2D eigenvalue weighted by atomic mass is 10.1. The summed E-state index contributed by atoms with van der Waals surface area (Å²) in [5.41, 5.74) is 6.73. The van der Waals surface area contributed by atoms with Crippen LogP contribution in [0.3, 0.4) is 0 Å². The van der Waals surface area contributed by atoms with Crippen LogP contribution in [0.15, 0.2) is 18.2 Å². The highest BCUT2D eigenvalue weighted by Gasteiger charge is 2.23. The molecule has 74 valence electrons. The van der Waals surface area contributed by atoms with Crippen molar-refractivity contribution in [2.24, 2.45) is 5.73 Å². The van der Waals surface area contributed by atoms with E-state index in [0.717, 1.165) is 11.3 Å². The van der Waals surface area contributed by atoms with Crippen molar-refractivity contribution in [1.82, 2.24) is 5.32 Å². The fourth-order valence-electron chi connectivity index (χ4n) is 1.60. The molecule has 0 aliphatic carbocycles. The Morgan fingerprint density at radius 2 is 2.43 bits per heavy atom. The molecule has 0 aromatic heterocycles. The number of nitrogens with one attached hydrogen (secondary N) is 1. The molecule has 1 amide bonds. The lowest BCUT2D eigenvalue weighted by molar-refractivity contribution is 0.1000. The molecule has 1 aliphatic rings. The van der Waals surface area contributed by atoms with E-state index in [1.165, 1.54) is 0 Å². The molecule has 0 unspecified atom stereocenters. The topological polar surface area (TPSA) is 64.3 Å². The number of carbonyl (C=O) groups excluding carboxylic acids is 1. The lowest BCUT2D eigenvalue weighted by Gasteiger charge is -2.05. The molecular formula is C10H12N2O2. The van der Waals surface area contributed by atoms with Crippen LogP contribution in [0.5, 0.6) is 5.75 Å². The second-order valence-corrected chi connectivity index (χ2v) is 3.27. The monoisotopic (exact) mass is 192 g/mol. The average Bonchev–Trinajstić information content (AvgIpc) is 2.59. The predicted molar refractivity (Wildman–Crippen MR) is 52.3 cm³/mol. The zero-order valence-corrected chi connectivity index (χ0v) is 7.91. The van der Waals surface area contributed by atoms with Gasteiger partial charge in [0.25, 0.3) is 0 Å². The molecule has 1 aromatic carbocycles. The number of nitrogens with two attached hydrogens (primary N) is 1. The molecule has 1 aromatic rings. The van der Waals surface area contributed by atoms with Gasteiger partial charge in [0.1, 0.15) is 12.4 Å². The van der Waals surface area contributed by atoms with Crippen LogP contribution in [-0.2, 0) is 0 Å². The standard InChI is InChI=1S/C10H12N2O2/c1-12-8-5-14-9-4-6(10(11)13)2-3-7(8)9/h2-4,8,12H,5H2,1H3,(H2,11,13)/t8-/m1/s1.